The van der Waals surface area contributed by atoms with Crippen molar-refractivity contribution in [1.29, 1.82) is 0 Å². The van der Waals surface area contributed by atoms with E-state index in [0.29, 0.717) is 0 Å². The zero-order valence-electron chi connectivity index (χ0n) is 11.5. The highest BCUT2D eigenvalue weighted by Crippen LogP contribution is 2.32. The van der Waals surface area contributed by atoms with Crippen LogP contribution in [0.4, 0.5) is 0 Å². The summed E-state index contributed by atoms with van der Waals surface area (Å²) in [4.78, 5) is 0. The molecule has 1 fully saturated rings. The van der Waals surface area contributed by atoms with E-state index in [1.165, 1.54) is 5.56 Å². The summed E-state index contributed by atoms with van der Waals surface area (Å²) in [6.45, 7) is 5.97. The first-order valence-corrected chi connectivity index (χ1v) is 7.31. The fourth-order valence-corrected chi connectivity index (χ4v) is 2.69. The summed E-state index contributed by atoms with van der Waals surface area (Å²) < 4.78 is 10.9. The lowest BCUT2D eigenvalue weighted by atomic mass is 9.82. The van der Waals surface area contributed by atoms with E-state index in [2.05, 4.69) is 17.4 Å². The SMILES string of the molecule is CCOCCNC1(c2ccc(Cl)cc2)CCOCC1. The summed E-state index contributed by atoms with van der Waals surface area (Å²) in [6.07, 6.45) is 1.97. The second-order valence-corrected chi connectivity index (χ2v) is 5.26. The smallest absolute Gasteiger partial charge is 0.0591 e. The summed E-state index contributed by atoms with van der Waals surface area (Å²) in [6, 6.07) is 8.14. The molecule has 2 rings (SSSR count). The number of halogens is 1. The number of benzene rings is 1. The van der Waals surface area contributed by atoms with Crippen LogP contribution in [0, 0.1) is 0 Å². The molecule has 0 saturated carbocycles. The first-order chi connectivity index (χ1) is 9.27. The third-order valence-electron chi connectivity index (χ3n) is 3.66. The third-order valence-corrected chi connectivity index (χ3v) is 3.91. The number of rotatable bonds is 6. The van der Waals surface area contributed by atoms with Crippen LogP contribution < -0.4 is 5.32 Å². The van der Waals surface area contributed by atoms with E-state index in [1.54, 1.807) is 0 Å². The van der Waals surface area contributed by atoms with Gasteiger partial charge >= 0.3 is 0 Å². The minimum Gasteiger partial charge on any atom is -0.381 e. The van der Waals surface area contributed by atoms with E-state index in [0.717, 1.165) is 50.8 Å². The Kier molecular flexibility index (Phi) is 5.64. The summed E-state index contributed by atoms with van der Waals surface area (Å²) in [5.74, 6) is 0. The highest BCUT2D eigenvalue weighted by Gasteiger charge is 2.33. The van der Waals surface area contributed by atoms with E-state index >= 15 is 0 Å². The molecule has 1 aromatic carbocycles. The molecule has 1 saturated heterocycles. The summed E-state index contributed by atoms with van der Waals surface area (Å²) >= 11 is 5.98. The van der Waals surface area contributed by atoms with Crippen molar-refractivity contribution in [1.82, 2.24) is 5.32 Å². The van der Waals surface area contributed by atoms with Gasteiger partial charge in [-0.25, -0.2) is 0 Å². The lowest BCUT2D eigenvalue weighted by Gasteiger charge is -2.39. The second-order valence-electron chi connectivity index (χ2n) is 4.83. The lowest BCUT2D eigenvalue weighted by Crippen LogP contribution is -2.47. The second kappa shape index (κ2) is 7.25. The molecular weight excluding hydrogens is 262 g/mol. The summed E-state index contributed by atoms with van der Waals surface area (Å²) in [7, 11) is 0. The minimum atomic E-state index is -0.0000592. The molecule has 0 amide bonds. The Balaban J connectivity index is 2.07. The topological polar surface area (TPSA) is 30.5 Å². The van der Waals surface area contributed by atoms with Crippen molar-refractivity contribution in [3.05, 3.63) is 34.9 Å². The van der Waals surface area contributed by atoms with Gasteiger partial charge in [0.25, 0.3) is 0 Å². The molecule has 0 atom stereocenters. The van der Waals surface area contributed by atoms with Gasteiger partial charge in [0.05, 0.1) is 6.61 Å². The van der Waals surface area contributed by atoms with Crippen LogP contribution in [-0.4, -0.2) is 33.0 Å². The van der Waals surface area contributed by atoms with Gasteiger partial charge in [0, 0.05) is 36.9 Å². The Labute approximate surface area is 120 Å². The molecule has 1 aromatic rings. The lowest BCUT2D eigenvalue weighted by molar-refractivity contribution is 0.0322. The Bertz CT molecular complexity index is 374. The highest BCUT2D eigenvalue weighted by molar-refractivity contribution is 6.30. The molecule has 19 heavy (non-hydrogen) atoms. The number of nitrogens with one attached hydrogen (secondary N) is 1. The van der Waals surface area contributed by atoms with E-state index in [9.17, 15) is 0 Å². The van der Waals surface area contributed by atoms with Crippen LogP contribution in [0.1, 0.15) is 25.3 Å². The standard InChI is InChI=1S/C15H22ClNO2/c1-2-18-12-9-17-15(7-10-19-11-8-15)13-3-5-14(16)6-4-13/h3-6,17H,2,7-12H2,1H3. The minimum absolute atomic E-state index is 0.0000592. The van der Waals surface area contributed by atoms with Gasteiger partial charge in [-0.3, -0.25) is 0 Å². The van der Waals surface area contributed by atoms with Gasteiger partial charge in [0.2, 0.25) is 0 Å². The molecule has 1 heterocycles. The van der Waals surface area contributed by atoms with Crippen LogP contribution in [0.2, 0.25) is 5.02 Å². The molecular formula is C15H22ClNO2. The first-order valence-electron chi connectivity index (χ1n) is 6.93. The molecule has 106 valence electrons. The van der Waals surface area contributed by atoms with Crippen molar-refractivity contribution in [3.8, 4) is 0 Å². The molecule has 4 heteroatoms. The Morgan fingerprint density at radius 3 is 2.58 bits per heavy atom. The van der Waals surface area contributed by atoms with Crippen LogP contribution in [0.15, 0.2) is 24.3 Å². The van der Waals surface area contributed by atoms with Crippen LogP contribution in [-0.2, 0) is 15.0 Å². The predicted octanol–water partition coefficient (Wildman–Crippen LogP) is 2.97. The van der Waals surface area contributed by atoms with E-state index in [1.807, 2.05) is 19.1 Å². The van der Waals surface area contributed by atoms with Crippen molar-refractivity contribution in [2.45, 2.75) is 25.3 Å². The normalized spacial score (nSPS) is 18.4. The maximum Gasteiger partial charge on any atom is 0.0591 e. The van der Waals surface area contributed by atoms with Gasteiger partial charge in [-0.1, -0.05) is 23.7 Å². The average molecular weight is 284 g/mol. The number of ether oxygens (including phenoxy) is 2. The van der Waals surface area contributed by atoms with Crippen molar-refractivity contribution < 1.29 is 9.47 Å². The largest absolute Gasteiger partial charge is 0.381 e. The predicted molar refractivity (Wildman–Crippen MR) is 77.7 cm³/mol. The summed E-state index contributed by atoms with van der Waals surface area (Å²) in [5.41, 5.74) is 1.29. The molecule has 0 aliphatic carbocycles. The van der Waals surface area contributed by atoms with Crippen LogP contribution in [0.25, 0.3) is 0 Å². The Morgan fingerprint density at radius 1 is 1.26 bits per heavy atom. The van der Waals surface area contributed by atoms with E-state index in [4.69, 9.17) is 21.1 Å². The van der Waals surface area contributed by atoms with Crippen LogP contribution >= 0.6 is 11.6 Å². The average Bonchev–Trinajstić information content (AvgIpc) is 2.45. The van der Waals surface area contributed by atoms with Gasteiger partial charge in [0.15, 0.2) is 0 Å². The Hall–Kier alpha value is -0.610. The zero-order chi connectivity index (χ0) is 13.6. The van der Waals surface area contributed by atoms with Crippen molar-refractivity contribution in [2.75, 3.05) is 33.0 Å². The quantitative estimate of drug-likeness (QED) is 0.814. The fourth-order valence-electron chi connectivity index (χ4n) is 2.56. The van der Waals surface area contributed by atoms with Gasteiger partial charge in [-0.15, -0.1) is 0 Å². The molecule has 3 nitrogen and oxygen atoms in total. The molecule has 0 unspecified atom stereocenters. The van der Waals surface area contributed by atoms with E-state index < -0.39 is 0 Å². The molecule has 0 bridgehead atoms. The number of hydrogen-bond donors (Lipinski definition) is 1. The summed E-state index contributed by atoms with van der Waals surface area (Å²) in [5, 5.41) is 4.44. The third kappa shape index (κ3) is 3.93. The molecule has 1 aliphatic heterocycles. The molecule has 1 aliphatic rings. The fraction of sp³-hybridized carbons (Fsp3) is 0.600. The maximum atomic E-state index is 5.98. The van der Waals surface area contributed by atoms with Crippen molar-refractivity contribution >= 4 is 11.6 Å². The number of hydrogen-bond acceptors (Lipinski definition) is 3. The van der Waals surface area contributed by atoms with Gasteiger partial charge in [-0.05, 0) is 37.5 Å². The van der Waals surface area contributed by atoms with Gasteiger partial charge in [-0.2, -0.15) is 0 Å². The molecule has 0 radical (unpaired) electrons. The van der Waals surface area contributed by atoms with Gasteiger partial charge < -0.3 is 14.8 Å². The molecule has 0 aromatic heterocycles. The first kappa shape index (κ1) is 14.8. The zero-order valence-corrected chi connectivity index (χ0v) is 12.2. The van der Waals surface area contributed by atoms with Gasteiger partial charge in [0.1, 0.15) is 0 Å². The molecule has 1 N–H and O–H groups in total. The Morgan fingerprint density at radius 2 is 1.95 bits per heavy atom. The van der Waals surface area contributed by atoms with Crippen LogP contribution in [0.3, 0.4) is 0 Å². The maximum absolute atomic E-state index is 5.98. The monoisotopic (exact) mass is 283 g/mol. The highest BCUT2D eigenvalue weighted by atomic mass is 35.5. The van der Waals surface area contributed by atoms with Crippen molar-refractivity contribution in [2.24, 2.45) is 0 Å². The van der Waals surface area contributed by atoms with Crippen LogP contribution in [0.5, 0.6) is 0 Å². The van der Waals surface area contributed by atoms with E-state index in [-0.39, 0.29) is 5.54 Å². The molecule has 0 spiro atoms. The van der Waals surface area contributed by atoms with Crippen molar-refractivity contribution in [3.63, 3.8) is 0 Å².